The van der Waals surface area contributed by atoms with Gasteiger partial charge in [0.15, 0.2) is 0 Å². The van der Waals surface area contributed by atoms with Crippen molar-refractivity contribution in [3.05, 3.63) is 119 Å². The number of halogens is 3. The first-order valence-corrected chi connectivity index (χ1v) is 16.2. The van der Waals surface area contributed by atoms with E-state index in [4.69, 9.17) is 13.8 Å². The molecule has 0 saturated heterocycles. The fourth-order valence-corrected chi connectivity index (χ4v) is 6.98. The molecule has 48 heavy (non-hydrogen) atoms. The van der Waals surface area contributed by atoms with Gasteiger partial charge in [-0.25, -0.2) is 4.98 Å². The lowest BCUT2D eigenvalue weighted by Crippen LogP contribution is -2.09. The molecule has 0 aliphatic heterocycles. The first kappa shape index (κ1) is 30.1. The van der Waals surface area contributed by atoms with Crippen molar-refractivity contribution >= 4 is 43.9 Å². The Labute approximate surface area is 275 Å². The molecular weight excluding hydrogens is 609 g/mol. The summed E-state index contributed by atoms with van der Waals surface area (Å²) in [5, 5.41) is 2.45. The summed E-state index contributed by atoms with van der Waals surface area (Å²) in [7, 11) is 0. The summed E-state index contributed by atoms with van der Waals surface area (Å²) in [5.74, 6) is 1.79. The molecule has 0 fully saturated rings. The van der Waals surface area contributed by atoms with Crippen LogP contribution < -0.4 is 0 Å². The zero-order valence-corrected chi connectivity index (χ0v) is 27.2. The summed E-state index contributed by atoms with van der Waals surface area (Å²) in [6.07, 6.45) is -4.47. The van der Waals surface area contributed by atoms with Gasteiger partial charge in [-0.3, -0.25) is 4.57 Å². The standard InChI is InChI=1S/C41H33F3N2O2/c1-22(2)31-19-25(38-24(5)27-11-6-9-16-35(27)47-38)20-32(23(3)4)37(31)46-34-15-8-7-14-33(34)45-40(46)30-13-10-12-29-28-18-17-26(41(42,43)44)21-36(28)48-39(29)30/h6-23H,1-5H3. The molecule has 0 bridgehead atoms. The molecule has 0 atom stereocenters. The second-order valence-corrected chi connectivity index (χ2v) is 13.1. The molecule has 8 rings (SSSR count). The molecule has 5 aromatic carbocycles. The highest BCUT2D eigenvalue weighted by Gasteiger charge is 2.32. The molecule has 7 heteroatoms. The molecular formula is C41H33F3N2O2. The van der Waals surface area contributed by atoms with Gasteiger partial charge in [0.25, 0.3) is 0 Å². The van der Waals surface area contributed by atoms with Crippen LogP contribution in [0.2, 0.25) is 0 Å². The van der Waals surface area contributed by atoms with Gasteiger partial charge >= 0.3 is 6.18 Å². The highest BCUT2D eigenvalue weighted by Crippen LogP contribution is 2.44. The first-order valence-electron chi connectivity index (χ1n) is 16.2. The van der Waals surface area contributed by atoms with Crippen LogP contribution in [-0.4, -0.2) is 9.55 Å². The molecule has 0 N–H and O–H groups in total. The van der Waals surface area contributed by atoms with Gasteiger partial charge in [-0.05, 0) is 84.5 Å². The molecule has 0 aliphatic rings. The number of benzene rings is 5. The third-order valence-electron chi connectivity index (χ3n) is 9.37. The fraction of sp³-hybridized carbons (Fsp3) is 0.195. The van der Waals surface area contributed by atoms with Crippen molar-refractivity contribution in [1.29, 1.82) is 0 Å². The van der Waals surface area contributed by atoms with Gasteiger partial charge in [-0.2, -0.15) is 13.2 Å². The number of aryl methyl sites for hydroxylation is 1. The Kier molecular flexibility index (Phi) is 6.81. The minimum atomic E-state index is -4.47. The van der Waals surface area contributed by atoms with E-state index < -0.39 is 11.7 Å². The lowest BCUT2D eigenvalue weighted by Gasteiger charge is -2.24. The molecule has 4 nitrogen and oxygen atoms in total. The van der Waals surface area contributed by atoms with E-state index in [0.29, 0.717) is 22.4 Å². The Morgan fingerprint density at radius 2 is 1.38 bits per heavy atom. The van der Waals surface area contributed by atoms with Crippen LogP contribution >= 0.6 is 0 Å². The number of imidazole rings is 1. The monoisotopic (exact) mass is 642 g/mol. The summed E-state index contributed by atoms with van der Waals surface area (Å²) >= 11 is 0. The fourth-order valence-electron chi connectivity index (χ4n) is 6.98. The van der Waals surface area contributed by atoms with E-state index >= 15 is 0 Å². The highest BCUT2D eigenvalue weighted by atomic mass is 19.4. The average molecular weight is 643 g/mol. The van der Waals surface area contributed by atoms with Crippen LogP contribution in [0, 0.1) is 6.92 Å². The third kappa shape index (κ3) is 4.63. The van der Waals surface area contributed by atoms with E-state index in [2.05, 4.69) is 63.5 Å². The van der Waals surface area contributed by atoms with Gasteiger partial charge in [0.2, 0.25) is 0 Å². The van der Waals surface area contributed by atoms with Crippen molar-refractivity contribution in [3.63, 3.8) is 0 Å². The van der Waals surface area contributed by atoms with E-state index in [9.17, 15) is 13.2 Å². The molecule has 8 aromatic rings. The van der Waals surface area contributed by atoms with Crippen molar-refractivity contribution in [2.75, 3.05) is 0 Å². The van der Waals surface area contributed by atoms with Gasteiger partial charge in [-0.15, -0.1) is 0 Å². The molecule has 0 aliphatic carbocycles. The third-order valence-corrected chi connectivity index (χ3v) is 9.37. The van der Waals surface area contributed by atoms with Crippen LogP contribution in [0.4, 0.5) is 13.2 Å². The number of hydrogen-bond acceptors (Lipinski definition) is 3. The lowest BCUT2D eigenvalue weighted by atomic mass is 9.88. The number of para-hydroxylation sites is 4. The van der Waals surface area contributed by atoms with E-state index in [0.717, 1.165) is 73.2 Å². The molecule has 0 saturated carbocycles. The van der Waals surface area contributed by atoms with Gasteiger partial charge in [-0.1, -0.05) is 70.2 Å². The van der Waals surface area contributed by atoms with Crippen LogP contribution in [0.15, 0.2) is 106 Å². The van der Waals surface area contributed by atoms with Crippen molar-refractivity contribution in [1.82, 2.24) is 9.55 Å². The minimum Gasteiger partial charge on any atom is -0.456 e. The number of aromatic nitrogens is 2. The quantitative estimate of drug-likeness (QED) is 0.188. The molecule has 3 heterocycles. The van der Waals surface area contributed by atoms with Crippen LogP contribution in [0.5, 0.6) is 0 Å². The van der Waals surface area contributed by atoms with Gasteiger partial charge in [0.05, 0.1) is 27.8 Å². The number of fused-ring (bicyclic) bond motifs is 5. The van der Waals surface area contributed by atoms with E-state index in [1.807, 2.05) is 54.6 Å². The SMILES string of the molecule is Cc1c(-c2cc(C(C)C)c(-n3c(-c4cccc5c4oc4cc(C(F)(F)F)ccc45)nc4ccccc43)c(C(C)C)c2)oc2ccccc12. The number of furan rings is 2. The summed E-state index contributed by atoms with van der Waals surface area (Å²) in [6, 6.07) is 30.0. The first-order chi connectivity index (χ1) is 23.0. The van der Waals surface area contributed by atoms with E-state index in [1.54, 1.807) is 0 Å². The van der Waals surface area contributed by atoms with Gasteiger partial charge < -0.3 is 8.83 Å². The number of nitrogens with zero attached hydrogens (tertiary/aromatic N) is 2. The summed E-state index contributed by atoms with van der Waals surface area (Å²) in [4.78, 5) is 5.17. The maximum atomic E-state index is 13.6. The number of hydrogen-bond donors (Lipinski definition) is 0. The van der Waals surface area contributed by atoms with Crippen LogP contribution in [0.25, 0.3) is 72.3 Å². The lowest BCUT2D eigenvalue weighted by molar-refractivity contribution is -0.137. The number of rotatable bonds is 5. The van der Waals surface area contributed by atoms with Crippen LogP contribution in [-0.2, 0) is 6.18 Å². The average Bonchev–Trinajstić information content (AvgIpc) is 3.74. The summed E-state index contributed by atoms with van der Waals surface area (Å²) in [6.45, 7) is 10.9. The Morgan fingerprint density at radius 3 is 2.08 bits per heavy atom. The largest absolute Gasteiger partial charge is 0.456 e. The Balaban J connectivity index is 1.43. The van der Waals surface area contributed by atoms with Gasteiger partial charge in [0, 0.05) is 27.3 Å². The molecule has 0 unspecified atom stereocenters. The number of alkyl halides is 3. The second-order valence-electron chi connectivity index (χ2n) is 13.1. The predicted octanol–water partition coefficient (Wildman–Crippen LogP) is 12.6. The summed E-state index contributed by atoms with van der Waals surface area (Å²) in [5.41, 5.74) is 8.65. The maximum absolute atomic E-state index is 13.6. The van der Waals surface area contributed by atoms with Crippen molar-refractivity contribution in [2.24, 2.45) is 0 Å². The van der Waals surface area contributed by atoms with E-state index in [1.165, 1.54) is 6.07 Å². The topological polar surface area (TPSA) is 44.1 Å². The van der Waals surface area contributed by atoms with Crippen LogP contribution in [0.1, 0.15) is 61.8 Å². The molecule has 3 aromatic heterocycles. The molecule has 240 valence electrons. The molecule has 0 spiro atoms. The predicted molar refractivity (Wildman–Crippen MR) is 187 cm³/mol. The smallest absolute Gasteiger partial charge is 0.416 e. The second kappa shape index (κ2) is 10.9. The zero-order chi connectivity index (χ0) is 33.5. The Morgan fingerprint density at radius 1 is 0.688 bits per heavy atom. The van der Waals surface area contributed by atoms with Crippen molar-refractivity contribution < 1.29 is 22.0 Å². The van der Waals surface area contributed by atoms with Crippen molar-refractivity contribution in [2.45, 2.75) is 52.6 Å². The normalized spacial score (nSPS) is 12.5. The van der Waals surface area contributed by atoms with Crippen molar-refractivity contribution in [3.8, 4) is 28.4 Å². The Hall–Kier alpha value is -5.30. The highest BCUT2D eigenvalue weighted by molar-refractivity contribution is 6.09. The van der Waals surface area contributed by atoms with E-state index in [-0.39, 0.29) is 17.4 Å². The zero-order valence-electron chi connectivity index (χ0n) is 27.2. The minimum absolute atomic E-state index is 0.138. The van der Waals surface area contributed by atoms with Gasteiger partial charge in [0.1, 0.15) is 28.3 Å². The molecule has 0 radical (unpaired) electrons. The molecule has 0 amide bonds. The van der Waals surface area contributed by atoms with Crippen LogP contribution in [0.3, 0.4) is 0 Å². The summed E-state index contributed by atoms with van der Waals surface area (Å²) < 4.78 is 55.8. The maximum Gasteiger partial charge on any atom is 0.416 e. The Bertz CT molecular complexity index is 2500.